The zero-order valence-electron chi connectivity index (χ0n) is 18.4. The molecule has 0 radical (unpaired) electrons. The number of nitrogens with two attached hydrogens (primary N) is 2. The summed E-state index contributed by atoms with van der Waals surface area (Å²) in [7, 11) is 4.66. The molecule has 2 aromatic carbocycles. The van der Waals surface area contributed by atoms with Crippen LogP contribution in [-0.2, 0) is 11.2 Å². The minimum absolute atomic E-state index is 0.0213. The van der Waals surface area contributed by atoms with E-state index >= 15 is 0 Å². The van der Waals surface area contributed by atoms with Crippen molar-refractivity contribution >= 4 is 23.1 Å². The first-order valence-corrected chi connectivity index (χ1v) is 10.5. The Kier molecular flexibility index (Phi) is 6.14. The normalized spacial score (nSPS) is 21.8. The molecule has 172 valence electrons. The average Bonchev–Trinajstić information content (AvgIpc) is 2.81. The number of fused-ring (bicyclic) bond motifs is 1. The molecule has 4 N–H and O–H groups in total. The van der Waals surface area contributed by atoms with Gasteiger partial charge in [0.05, 0.1) is 48.7 Å². The molecule has 4 rings (SSSR count). The summed E-state index contributed by atoms with van der Waals surface area (Å²) in [5, 5.41) is -0.0213. The first kappa shape index (κ1) is 22.8. The van der Waals surface area contributed by atoms with E-state index in [2.05, 4.69) is 9.98 Å². The van der Waals surface area contributed by atoms with Gasteiger partial charge in [0, 0.05) is 6.08 Å². The van der Waals surface area contributed by atoms with Crippen LogP contribution in [-0.4, -0.2) is 39.0 Å². The summed E-state index contributed by atoms with van der Waals surface area (Å²) in [6.07, 6.45) is 3.13. The fraction of sp³-hybridized carbons (Fsp3) is 0.250. The highest BCUT2D eigenvalue weighted by Crippen LogP contribution is 2.41. The summed E-state index contributed by atoms with van der Waals surface area (Å²) in [5.41, 5.74) is 14.0. The number of amidine groups is 1. The quantitative estimate of drug-likeness (QED) is 0.671. The lowest BCUT2D eigenvalue weighted by Gasteiger charge is -2.40. The minimum Gasteiger partial charge on any atom is -0.495 e. The zero-order valence-corrected chi connectivity index (χ0v) is 19.2. The van der Waals surface area contributed by atoms with Crippen LogP contribution >= 0.6 is 11.6 Å². The molecule has 1 aliphatic carbocycles. The largest absolute Gasteiger partial charge is 0.495 e. The lowest BCUT2D eigenvalue weighted by atomic mass is 9.71. The van der Waals surface area contributed by atoms with Crippen molar-refractivity contribution < 1.29 is 18.6 Å². The number of hydrogen-bond acceptors (Lipinski definition) is 7. The molecule has 0 spiro atoms. The summed E-state index contributed by atoms with van der Waals surface area (Å²) in [6.45, 7) is 0. The van der Waals surface area contributed by atoms with E-state index in [9.17, 15) is 4.39 Å². The Balaban J connectivity index is 1.83. The smallest absolute Gasteiger partial charge is 0.160 e. The van der Waals surface area contributed by atoms with Crippen LogP contribution in [0, 0.1) is 11.2 Å². The van der Waals surface area contributed by atoms with E-state index in [0.717, 1.165) is 5.56 Å². The second-order valence-corrected chi connectivity index (χ2v) is 8.12. The summed E-state index contributed by atoms with van der Waals surface area (Å²) < 4.78 is 30.9. The van der Waals surface area contributed by atoms with Crippen molar-refractivity contribution in [3.63, 3.8) is 0 Å². The van der Waals surface area contributed by atoms with Crippen LogP contribution in [0.2, 0.25) is 5.02 Å². The molecule has 0 amide bonds. The number of methoxy groups -OCH3 is 3. The SMILES string of the molecule is COC1=CC2=NC(c3cccc(Cl)c3F)=NC(N)C2(Cc2ccc(OC)c(OC)c2)C=C1N. The van der Waals surface area contributed by atoms with E-state index in [1.807, 2.05) is 18.2 Å². The number of rotatable bonds is 6. The molecule has 0 aromatic heterocycles. The van der Waals surface area contributed by atoms with Crippen LogP contribution in [0.3, 0.4) is 0 Å². The Bertz CT molecular complexity index is 1220. The molecule has 2 aromatic rings. The Morgan fingerprint density at radius 3 is 2.55 bits per heavy atom. The van der Waals surface area contributed by atoms with Crippen LogP contribution < -0.4 is 20.9 Å². The van der Waals surface area contributed by atoms with Gasteiger partial charge in [0.25, 0.3) is 0 Å². The molecule has 33 heavy (non-hydrogen) atoms. The van der Waals surface area contributed by atoms with Crippen LogP contribution in [0.15, 0.2) is 70.0 Å². The molecule has 2 unspecified atom stereocenters. The highest BCUT2D eigenvalue weighted by molar-refractivity contribution is 6.31. The fourth-order valence-corrected chi connectivity index (χ4v) is 4.26. The summed E-state index contributed by atoms with van der Waals surface area (Å²) in [4.78, 5) is 9.23. The Morgan fingerprint density at radius 2 is 1.85 bits per heavy atom. The van der Waals surface area contributed by atoms with Gasteiger partial charge in [-0.1, -0.05) is 23.7 Å². The molecule has 7 nitrogen and oxygen atoms in total. The third-order valence-corrected chi connectivity index (χ3v) is 6.11. The second kappa shape index (κ2) is 8.88. The lowest BCUT2D eigenvalue weighted by molar-refractivity contribution is 0.294. The maximum atomic E-state index is 14.7. The van der Waals surface area contributed by atoms with E-state index in [1.54, 1.807) is 38.5 Å². The second-order valence-electron chi connectivity index (χ2n) is 7.71. The van der Waals surface area contributed by atoms with E-state index in [4.69, 9.17) is 37.3 Å². The monoisotopic (exact) mass is 470 g/mol. The molecule has 0 fully saturated rings. The van der Waals surface area contributed by atoms with Gasteiger partial charge < -0.3 is 25.7 Å². The highest BCUT2D eigenvalue weighted by atomic mass is 35.5. The van der Waals surface area contributed by atoms with Gasteiger partial charge in [0.2, 0.25) is 0 Å². The molecule has 0 bridgehead atoms. The molecule has 1 aliphatic heterocycles. The number of ether oxygens (including phenoxy) is 3. The van der Waals surface area contributed by atoms with Crippen LogP contribution in [0.4, 0.5) is 4.39 Å². The molecule has 0 saturated heterocycles. The number of hydrogen-bond donors (Lipinski definition) is 2. The van der Waals surface area contributed by atoms with Crippen LogP contribution in [0.25, 0.3) is 0 Å². The minimum atomic E-state index is -0.885. The summed E-state index contributed by atoms with van der Waals surface area (Å²) >= 11 is 5.97. The van der Waals surface area contributed by atoms with Crippen molar-refractivity contribution in [2.75, 3.05) is 21.3 Å². The van der Waals surface area contributed by atoms with Crippen molar-refractivity contribution in [2.24, 2.45) is 26.9 Å². The molecule has 9 heteroatoms. The van der Waals surface area contributed by atoms with Gasteiger partial charge in [0.1, 0.15) is 11.9 Å². The van der Waals surface area contributed by atoms with E-state index in [1.165, 1.54) is 13.2 Å². The predicted octanol–water partition coefficient (Wildman–Crippen LogP) is 3.60. The molecule has 1 heterocycles. The molecule has 2 aliphatic rings. The fourth-order valence-electron chi connectivity index (χ4n) is 4.09. The third-order valence-electron chi connectivity index (χ3n) is 5.81. The lowest BCUT2D eigenvalue weighted by Crippen LogP contribution is -2.51. The topological polar surface area (TPSA) is 104 Å². The zero-order chi connectivity index (χ0) is 23.8. The van der Waals surface area contributed by atoms with Gasteiger partial charge in [-0.15, -0.1) is 0 Å². The molecule has 0 saturated carbocycles. The van der Waals surface area contributed by atoms with E-state index < -0.39 is 17.4 Å². The van der Waals surface area contributed by atoms with Gasteiger partial charge in [-0.25, -0.2) is 14.4 Å². The van der Waals surface area contributed by atoms with Crippen molar-refractivity contribution in [2.45, 2.75) is 12.6 Å². The number of nitrogens with zero attached hydrogens (tertiary/aromatic N) is 2. The third kappa shape index (κ3) is 3.96. The van der Waals surface area contributed by atoms with Gasteiger partial charge in [-0.2, -0.15) is 0 Å². The van der Waals surface area contributed by atoms with Crippen molar-refractivity contribution in [3.05, 3.63) is 82.0 Å². The van der Waals surface area contributed by atoms with Crippen molar-refractivity contribution in [1.29, 1.82) is 0 Å². The van der Waals surface area contributed by atoms with Crippen molar-refractivity contribution in [1.82, 2.24) is 0 Å². The predicted molar refractivity (Wildman–Crippen MR) is 126 cm³/mol. The summed E-state index contributed by atoms with van der Waals surface area (Å²) in [6, 6.07) is 10.3. The standard InChI is InChI=1S/C24H24ClFN4O3/c1-31-17-8-7-13(9-19(17)33-3)11-24-12-16(27)18(32-2)10-20(24)29-22(30-23(24)28)14-5-4-6-15(25)21(14)26/h4-10,12,23H,11,27-28H2,1-3H3. The first-order chi connectivity index (χ1) is 15.8. The molecular formula is C24H24ClFN4O3. The van der Waals surface area contributed by atoms with Gasteiger partial charge in [0.15, 0.2) is 23.2 Å². The molecular weight excluding hydrogens is 447 g/mol. The maximum absolute atomic E-state index is 14.7. The van der Waals surface area contributed by atoms with Crippen LogP contribution in [0.1, 0.15) is 11.1 Å². The summed E-state index contributed by atoms with van der Waals surface area (Å²) in [5.74, 6) is 1.18. The Morgan fingerprint density at radius 1 is 1.09 bits per heavy atom. The van der Waals surface area contributed by atoms with E-state index in [0.29, 0.717) is 35.1 Å². The van der Waals surface area contributed by atoms with Gasteiger partial charge in [-0.3, -0.25) is 0 Å². The Labute approximate surface area is 196 Å². The average molecular weight is 471 g/mol. The number of benzene rings is 2. The number of allylic oxidation sites excluding steroid dienone is 1. The highest BCUT2D eigenvalue weighted by Gasteiger charge is 2.45. The Hall–Kier alpha value is -3.36. The van der Waals surface area contributed by atoms with Gasteiger partial charge in [-0.05, 0) is 42.3 Å². The van der Waals surface area contributed by atoms with E-state index in [-0.39, 0.29) is 16.4 Å². The maximum Gasteiger partial charge on any atom is 0.160 e. The number of halogens is 2. The van der Waals surface area contributed by atoms with Crippen molar-refractivity contribution in [3.8, 4) is 11.5 Å². The number of aliphatic imine (C=N–C) groups is 2. The van der Waals surface area contributed by atoms with Crippen LogP contribution in [0.5, 0.6) is 11.5 Å². The first-order valence-electron chi connectivity index (χ1n) is 10.1. The molecule has 2 atom stereocenters. The van der Waals surface area contributed by atoms with Gasteiger partial charge >= 0.3 is 0 Å².